The number of hydrogen-bond donors (Lipinski definition) is 0. The first-order chi connectivity index (χ1) is 17.2. The molecule has 6 rings (SSSR count). The zero-order valence-corrected chi connectivity index (χ0v) is 21.2. The molecular formula is C29H24N2O2S2. The highest BCUT2D eigenvalue weighted by molar-refractivity contribution is 7.98. The van der Waals surface area contributed by atoms with E-state index in [4.69, 9.17) is 9.73 Å². The lowest BCUT2D eigenvalue weighted by Gasteiger charge is -2.30. The van der Waals surface area contributed by atoms with Gasteiger partial charge in [0.15, 0.2) is 4.80 Å². The van der Waals surface area contributed by atoms with Crippen LogP contribution in [0, 0.1) is 0 Å². The second kappa shape index (κ2) is 9.02. The molecule has 1 unspecified atom stereocenters. The second-order valence-electron chi connectivity index (χ2n) is 8.66. The monoisotopic (exact) mass is 496 g/mol. The van der Waals surface area contributed by atoms with Gasteiger partial charge >= 0.3 is 0 Å². The van der Waals surface area contributed by atoms with Crippen molar-refractivity contribution in [3.05, 3.63) is 120 Å². The van der Waals surface area contributed by atoms with Gasteiger partial charge in [0.05, 0.1) is 23.4 Å². The molecule has 3 aromatic carbocycles. The van der Waals surface area contributed by atoms with Crippen LogP contribution >= 0.6 is 23.1 Å². The highest BCUT2D eigenvalue weighted by Gasteiger charge is 2.32. The smallest absolute Gasteiger partial charge is 0.271 e. The molecule has 0 saturated heterocycles. The first-order valence-electron chi connectivity index (χ1n) is 11.6. The van der Waals surface area contributed by atoms with Gasteiger partial charge in [0.2, 0.25) is 0 Å². The number of nitrogens with zero attached hydrogens (tertiary/aromatic N) is 2. The van der Waals surface area contributed by atoms with E-state index < -0.39 is 0 Å². The summed E-state index contributed by atoms with van der Waals surface area (Å²) in [6.45, 7) is 0. The quantitative estimate of drug-likeness (QED) is 0.372. The number of ether oxygens (including phenoxy) is 1. The minimum absolute atomic E-state index is 0.00826. The summed E-state index contributed by atoms with van der Waals surface area (Å²) in [5.41, 5.74) is 6.87. The van der Waals surface area contributed by atoms with Crippen LogP contribution in [0.25, 0.3) is 11.8 Å². The molecule has 0 radical (unpaired) electrons. The van der Waals surface area contributed by atoms with E-state index in [1.807, 2.05) is 34.9 Å². The lowest BCUT2D eigenvalue weighted by molar-refractivity contribution is 0.415. The predicted molar refractivity (Wildman–Crippen MR) is 144 cm³/mol. The second-order valence-corrected chi connectivity index (χ2v) is 10.5. The Kier molecular flexibility index (Phi) is 5.71. The van der Waals surface area contributed by atoms with E-state index in [9.17, 15) is 4.79 Å². The van der Waals surface area contributed by atoms with Gasteiger partial charge in [0, 0.05) is 10.5 Å². The number of thiazole rings is 1. The van der Waals surface area contributed by atoms with Gasteiger partial charge < -0.3 is 4.74 Å². The molecule has 35 heavy (non-hydrogen) atoms. The maximum Gasteiger partial charge on any atom is 0.271 e. The van der Waals surface area contributed by atoms with Gasteiger partial charge in [-0.25, -0.2) is 4.99 Å². The largest absolute Gasteiger partial charge is 0.497 e. The van der Waals surface area contributed by atoms with Gasteiger partial charge in [0.25, 0.3) is 5.56 Å². The van der Waals surface area contributed by atoms with Crippen molar-refractivity contribution in [1.82, 2.24) is 4.57 Å². The Hall–Kier alpha value is -3.35. The highest BCUT2D eigenvalue weighted by Crippen LogP contribution is 2.41. The Morgan fingerprint density at radius 1 is 1.03 bits per heavy atom. The summed E-state index contributed by atoms with van der Waals surface area (Å²) in [6.07, 6.45) is 5.89. The molecule has 0 amide bonds. The number of aryl methyl sites for hydroxylation is 1. The number of hydrogen-bond acceptors (Lipinski definition) is 5. The summed E-state index contributed by atoms with van der Waals surface area (Å²) >= 11 is 3.19. The molecule has 1 atom stereocenters. The summed E-state index contributed by atoms with van der Waals surface area (Å²) in [7, 11) is 1.65. The van der Waals surface area contributed by atoms with Crippen LogP contribution in [0.2, 0.25) is 0 Å². The van der Waals surface area contributed by atoms with Crippen molar-refractivity contribution in [2.45, 2.75) is 23.8 Å². The molecule has 0 bridgehead atoms. The van der Waals surface area contributed by atoms with Gasteiger partial charge in [-0.15, -0.1) is 11.8 Å². The number of fused-ring (bicyclic) bond motifs is 3. The Labute approximate surface area is 211 Å². The lowest BCUT2D eigenvalue weighted by atomic mass is 9.83. The molecule has 174 valence electrons. The van der Waals surface area contributed by atoms with Crippen LogP contribution in [0.4, 0.5) is 0 Å². The van der Waals surface area contributed by atoms with Crippen molar-refractivity contribution in [2.75, 3.05) is 13.4 Å². The summed E-state index contributed by atoms with van der Waals surface area (Å²) < 4.78 is 7.86. The standard InChI is InChI=1S/C29H24N2O2S2/c1-33-21-12-7-18(8-13-21)17-25-28(32)31-27(20-9-14-22(34-2)15-10-20)24-16-11-19-5-3-4-6-23(19)26(24)30-29(31)35-25/h3-10,12-15,17,27H,11,16H2,1-2H3. The molecule has 0 N–H and O–H groups in total. The zero-order chi connectivity index (χ0) is 23.9. The fourth-order valence-corrected chi connectivity index (χ4v) is 6.37. The Bertz CT molecular complexity index is 1630. The molecule has 0 saturated carbocycles. The predicted octanol–water partition coefficient (Wildman–Crippen LogP) is 5.05. The van der Waals surface area contributed by atoms with Crippen LogP contribution in [-0.4, -0.2) is 17.9 Å². The SMILES string of the molecule is COc1ccc(C=c2sc3n(c2=O)C(c2ccc(SC)cc2)C2=C(N=3)c3ccccc3CC2)cc1. The summed E-state index contributed by atoms with van der Waals surface area (Å²) in [4.78, 5) is 20.9. The fraction of sp³-hybridized carbons (Fsp3) is 0.172. The Morgan fingerprint density at radius 3 is 2.54 bits per heavy atom. The topological polar surface area (TPSA) is 43.6 Å². The number of benzene rings is 3. The summed E-state index contributed by atoms with van der Waals surface area (Å²) in [6, 6.07) is 24.7. The minimum atomic E-state index is -0.150. The molecule has 1 aromatic heterocycles. The molecule has 2 aliphatic rings. The van der Waals surface area contributed by atoms with E-state index in [-0.39, 0.29) is 11.6 Å². The van der Waals surface area contributed by atoms with Crippen LogP contribution in [0.3, 0.4) is 0 Å². The van der Waals surface area contributed by atoms with Gasteiger partial charge in [-0.1, -0.05) is 59.9 Å². The normalized spacial score (nSPS) is 16.9. The highest BCUT2D eigenvalue weighted by atomic mass is 32.2. The molecule has 6 heteroatoms. The lowest BCUT2D eigenvalue weighted by Crippen LogP contribution is -2.38. The number of rotatable bonds is 4. The molecule has 1 aliphatic carbocycles. The number of methoxy groups -OCH3 is 1. The van der Waals surface area contributed by atoms with E-state index in [2.05, 4.69) is 54.8 Å². The van der Waals surface area contributed by atoms with E-state index in [1.54, 1.807) is 18.9 Å². The first-order valence-corrected chi connectivity index (χ1v) is 13.6. The number of allylic oxidation sites excluding steroid dienone is 1. The molecule has 1 aliphatic heterocycles. The molecular weight excluding hydrogens is 472 g/mol. The molecule has 0 spiro atoms. The fourth-order valence-electron chi connectivity index (χ4n) is 4.96. The Balaban J connectivity index is 1.58. The Morgan fingerprint density at radius 2 is 1.80 bits per heavy atom. The third-order valence-corrected chi connectivity index (χ3v) is 8.44. The zero-order valence-electron chi connectivity index (χ0n) is 19.5. The van der Waals surface area contributed by atoms with Crippen molar-refractivity contribution in [2.24, 2.45) is 4.99 Å². The molecule has 2 heterocycles. The summed E-state index contributed by atoms with van der Waals surface area (Å²) in [5, 5.41) is 0. The summed E-state index contributed by atoms with van der Waals surface area (Å²) in [5.74, 6) is 0.795. The van der Waals surface area contributed by atoms with E-state index in [0.717, 1.165) is 40.2 Å². The molecule has 4 aromatic rings. The molecule has 4 nitrogen and oxygen atoms in total. The van der Waals surface area contributed by atoms with E-state index in [0.29, 0.717) is 4.53 Å². The average Bonchev–Trinajstić information content (AvgIpc) is 3.22. The van der Waals surface area contributed by atoms with Crippen LogP contribution in [0.1, 0.15) is 34.7 Å². The van der Waals surface area contributed by atoms with E-state index in [1.165, 1.54) is 32.9 Å². The van der Waals surface area contributed by atoms with Crippen molar-refractivity contribution < 1.29 is 4.74 Å². The average molecular weight is 497 g/mol. The number of thioether (sulfide) groups is 1. The van der Waals surface area contributed by atoms with Crippen LogP contribution in [0.5, 0.6) is 5.75 Å². The van der Waals surface area contributed by atoms with E-state index >= 15 is 0 Å². The van der Waals surface area contributed by atoms with Crippen LogP contribution < -0.4 is 19.6 Å². The van der Waals surface area contributed by atoms with Gasteiger partial charge in [0.1, 0.15) is 5.75 Å². The maximum absolute atomic E-state index is 13.8. The van der Waals surface area contributed by atoms with Gasteiger partial charge in [-0.3, -0.25) is 9.36 Å². The van der Waals surface area contributed by atoms with Crippen LogP contribution in [-0.2, 0) is 6.42 Å². The maximum atomic E-state index is 13.8. The van der Waals surface area contributed by atoms with Crippen molar-refractivity contribution in [3.63, 3.8) is 0 Å². The minimum Gasteiger partial charge on any atom is -0.497 e. The molecule has 0 fully saturated rings. The first kappa shape index (κ1) is 22.1. The van der Waals surface area contributed by atoms with Crippen molar-refractivity contribution in [1.29, 1.82) is 0 Å². The van der Waals surface area contributed by atoms with Crippen molar-refractivity contribution in [3.8, 4) is 5.75 Å². The van der Waals surface area contributed by atoms with Crippen molar-refractivity contribution >= 4 is 34.9 Å². The third-order valence-electron chi connectivity index (χ3n) is 6.72. The van der Waals surface area contributed by atoms with Crippen LogP contribution in [0.15, 0.2) is 93.1 Å². The van der Waals surface area contributed by atoms with Gasteiger partial charge in [-0.2, -0.15) is 0 Å². The third kappa shape index (κ3) is 3.87. The number of aromatic nitrogens is 1. The van der Waals surface area contributed by atoms with Gasteiger partial charge in [-0.05, 0) is 71.7 Å².